The summed E-state index contributed by atoms with van der Waals surface area (Å²) < 4.78 is 8.94. The Hall–Kier alpha value is -8.66. The highest BCUT2D eigenvalue weighted by Crippen LogP contribution is 2.43. The number of furan rings is 1. The zero-order valence-electron chi connectivity index (χ0n) is 35.4. The summed E-state index contributed by atoms with van der Waals surface area (Å²) in [4.78, 5) is 2.37. The molecule has 65 heavy (non-hydrogen) atoms. The highest BCUT2D eigenvalue weighted by molar-refractivity contribution is 6.11. The van der Waals surface area contributed by atoms with Crippen LogP contribution in [0.5, 0.6) is 0 Å². The fraction of sp³-hybridized carbons (Fsp3) is 0. The summed E-state index contributed by atoms with van der Waals surface area (Å²) in [5.41, 5.74) is 15.4. The SMILES string of the molecule is c1cc(-c2ccc(N(c3cccc(-c4cccc5c4oc4ccccc45)c3)c3ccc4c(ccc5ccccc54)c3)cc2)cc(-c2ccccc2-n2c3ccccc3c3ccccc32)c1. The van der Waals surface area contributed by atoms with E-state index in [9.17, 15) is 0 Å². The Morgan fingerprint density at radius 2 is 0.877 bits per heavy atom. The van der Waals surface area contributed by atoms with Gasteiger partial charge in [-0.2, -0.15) is 0 Å². The number of anilines is 3. The average molecular weight is 829 g/mol. The Bertz CT molecular complexity index is 3910. The highest BCUT2D eigenvalue weighted by Gasteiger charge is 2.19. The molecule has 3 nitrogen and oxygen atoms in total. The molecule has 2 heterocycles. The van der Waals surface area contributed by atoms with Crippen LogP contribution in [0, 0.1) is 0 Å². The van der Waals surface area contributed by atoms with E-state index in [2.05, 4.69) is 240 Å². The molecular weight excluding hydrogens is 789 g/mol. The summed E-state index contributed by atoms with van der Waals surface area (Å²) in [5, 5.41) is 9.71. The van der Waals surface area contributed by atoms with Gasteiger partial charge < -0.3 is 13.9 Å². The predicted octanol–water partition coefficient (Wildman–Crippen LogP) is 17.5. The van der Waals surface area contributed by atoms with Crippen LogP contribution < -0.4 is 4.90 Å². The highest BCUT2D eigenvalue weighted by atomic mass is 16.3. The standard InChI is InChI=1S/C62H40N2O/c1-2-19-50-42(14-1)30-31-46-40-49(36-37-51(46)50)63(48-18-12-17-45(39-48)53-24-13-25-57-56-23-6-10-29-61(56)65-62(53)57)47-34-32-41(33-35-47)43-15-11-16-44(38-43)52-20-3-7-26-58(52)64-59-27-8-4-21-54(59)55-22-5-9-28-60(55)64/h1-40H. The van der Waals surface area contributed by atoms with Crippen molar-refractivity contribution in [1.82, 2.24) is 4.57 Å². The molecule has 0 aliphatic heterocycles. The van der Waals surface area contributed by atoms with Gasteiger partial charge in [-0.15, -0.1) is 0 Å². The molecule has 0 aliphatic rings. The van der Waals surface area contributed by atoms with Crippen molar-refractivity contribution in [2.24, 2.45) is 0 Å². The molecule has 0 amide bonds. The van der Waals surface area contributed by atoms with Gasteiger partial charge in [0.1, 0.15) is 11.2 Å². The summed E-state index contributed by atoms with van der Waals surface area (Å²) in [5.74, 6) is 0. The van der Waals surface area contributed by atoms with Crippen molar-refractivity contribution in [1.29, 1.82) is 0 Å². The van der Waals surface area contributed by atoms with Crippen LogP contribution in [0.15, 0.2) is 247 Å². The Morgan fingerprint density at radius 1 is 0.308 bits per heavy atom. The number of benzene rings is 11. The van der Waals surface area contributed by atoms with Gasteiger partial charge in [0.15, 0.2) is 0 Å². The van der Waals surface area contributed by atoms with Gasteiger partial charge in [-0.25, -0.2) is 0 Å². The van der Waals surface area contributed by atoms with Gasteiger partial charge in [0, 0.05) is 49.7 Å². The van der Waals surface area contributed by atoms with E-state index in [-0.39, 0.29) is 0 Å². The van der Waals surface area contributed by atoms with E-state index in [4.69, 9.17) is 4.42 Å². The number of para-hydroxylation sites is 5. The van der Waals surface area contributed by atoms with E-state index in [0.717, 1.165) is 66.9 Å². The van der Waals surface area contributed by atoms with Gasteiger partial charge in [-0.1, -0.05) is 176 Å². The molecule has 0 saturated carbocycles. The average Bonchev–Trinajstić information content (AvgIpc) is 3.93. The summed E-state index contributed by atoms with van der Waals surface area (Å²) in [7, 11) is 0. The molecule has 0 bridgehead atoms. The zero-order chi connectivity index (χ0) is 42.8. The largest absolute Gasteiger partial charge is 0.455 e. The minimum Gasteiger partial charge on any atom is -0.455 e. The first-order valence-electron chi connectivity index (χ1n) is 22.2. The van der Waals surface area contributed by atoms with Crippen molar-refractivity contribution in [2.75, 3.05) is 4.90 Å². The lowest BCUT2D eigenvalue weighted by molar-refractivity contribution is 0.670. The third kappa shape index (κ3) is 6.12. The Balaban J connectivity index is 0.916. The molecular formula is C62H40N2O. The van der Waals surface area contributed by atoms with Crippen LogP contribution in [0.25, 0.3) is 104 Å². The van der Waals surface area contributed by atoms with Gasteiger partial charge in [-0.05, 0) is 111 Å². The third-order valence-corrected chi connectivity index (χ3v) is 13.2. The van der Waals surface area contributed by atoms with Crippen LogP contribution in [-0.2, 0) is 0 Å². The van der Waals surface area contributed by atoms with E-state index in [1.54, 1.807) is 0 Å². The number of fused-ring (bicyclic) bond motifs is 9. The van der Waals surface area contributed by atoms with Crippen LogP contribution in [0.1, 0.15) is 0 Å². The normalized spacial score (nSPS) is 11.7. The Kier molecular flexibility index (Phi) is 8.53. The lowest BCUT2D eigenvalue weighted by Gasteiger charge is -2.27. The molecule has 13 rings (SSSR count). The maximum Gasteiger partial charge on any atom is 0.143 e. The van der Waals surface area contributed by atoms with Crippen LogP contribution in [0.4, 0.5) is 17.1 Å². The van der Waals surface area contributed by atoms with Crippen LogP contribution in [0.3, 0.4) is 0 Å². The second-order valence-electron chi connectivity index (χ2n) is 16.9. The number of rotatable bonds is 7. The molecule has 0 N–H and O–H groups in total. The second kappa shape index (κ2) is 15.0. The van der Waals surface area contributed by atoms with Crippen molar-refractivity contribution in [3.8, 4) is 39.1 Å². The minimum atomic E-state index is 0.898. The first-order valence-corrected chi connectivity index (χ1v) is 22.2. The lowest BCUT2D eigenvalue weighted by Crippen LogP contribution is -2.10. The minimum absolute atomic E-state index is 0.898. The van der Waals surface area contributed by atoms with Crippen molar-refractivity contribution in [3.05, 3.63) is 243 Å². The predicted molar refractivity (Wildman–Crippen MR) is 274 cm³/mol. The molecule has 0 saturated heterocycles. The van der Waals surface area contributed by atoms with Gasteiger partial charge in [0.25, 0.3) is 0 Å². The second-order valence-corrected chi connectivity index (χ2v) is 16.9. The molecule has 0 radical (unpaired) electrons. The number of nitrogens with zero attached hydrogens (tertiary/aromatic N) is 2. The summed E-state index contributed by atoms with van der Waals surface area (Å²) >= 11 is 0. The number of hydrogen-bond acceptors (Lipinski definition) is 2. The fourth-order valence-corrected chi connectivity index (χ4v) is 10.1. The van der Waals surface area contributed by atoms with Crippen LogP contribution in [-0.4, -0.2) is 4.57 Å². The van der Waals surface area contributed by atoms with Crippen molar-refractivity contribution in [2.45, 2.75) is 0 Å². The fourth-order valence-electron chi connectivity index (χ4n) is 10.1. The molecule has 13 aromatic rings. The maximum atomic E-state index is 6.53. The first-order chi connectivity index (χ1) is 32.2. The van der Waals surface area contributed by atoms with E-state index < -0.39 is 0 Å². The van der Waals surface area contributed by atoms with Gasteiger partial charge in [-0.3, -0.25) is 0 Å². The third-order valence-electron chi connectivity index (χ3n) is 13.2. The molecule has 0 fully saturated rings. The topological polar surface area (TPSA) is 21.3 Å². The molecule has 0 atom stereocenters. The molecule has 2 aromatic heterocycles. The van der Waals surface area contributed by atoms with E-state index in [1.807, 2.05) is 12.1 Å². The van der Waals surface area contributed by atoms with Crippen molar-refractivity contribution >= 4 is 82.4 Å². The Labute approximate surface area is 376 Å². The Morgan fingerprint density at radius 3 is 1.71 bits per heavy atom. The summed E-state index contributed by atoms with van der Waals surface area (Å²) in [6.07, 6.45) is 0. The summed E-state index contributed by atoms with van der Waals surface area (Å²) in [6, 6.07) is 87.7. The van der Waals surface area contributed by atoms with Crippen LogP contribution in [0.2, 0.25) is 0 Å². The van der Waals surface area contributed by atoms with Gasteiger partial charge in [0.05, 0.1) is 16.7 Å². The molecule has 3 heteroatoms. The van der Waals surface area contributed by atoms with E-state index in [1.165, 1.54) is 54.5 Å². The van der Waals surface area contributed by atoms with E-state index in [0.29, 0.717) is 0 Å². The molecule has 0 unspecified atom stereocenters. The quantitative estimate of drug-likeness (QED) is 0.149. The monoisotopic (exact) mass is 828 g/mol. The van der Waals surface area contributed by atoms with Gasteiger partial charge >= 0.3 is 0 Å². The van der Waals surface area contributed by atoms with E-state index >= 15 is 0 Å². The molecule has 11 aromatic carbocycles. The van der Waals surface area contributed by atoms with Crippen LogP contribution >= 0.6 is 0 Å². The zero-order valence-corrected chi connectivity index (χ0v) is 35.4. The maximum absolute atomic E-state index is 6.53. The first kappa shape index (κ1) is 36.9. The molecule has 0 spiro atoms. The molecule has 304 valence electrons. The number of aromatic nitrogens is 1. The summed E-state index contributed by atoms with van der Waals surface area (Å²) in [6.45, 7) is 0. The van der Waals surface area contributed by atoms with Crippen molar-refractivity contribution in [3.63, 3.8) is 0 Å². The molecule has 0 aliphatic carbocycles. The van der Waals surface area contributed by atoms with Gasteiger partial charge in [0.2, 0.25) is 0 Å². The number of hydrogen-bond donors (Lipinski definition) is 0. The van der Waals surface area contributed by atoms with Crippen molar-refractivity contribution < 1.29 is 4.42 Å². The smallest absolute Gasteiger partial charge is 0.143 e. The lowest BCUT2D eigenvalue weighted by atomic mass is 9.97.